The maximum Gasteiger partial charge on any atom is 0.241 e. The van der Waals surface area contributed by atoms with Gasteiger partial charge in [0.2, 0.25) is 5.91 Å². The van der Waals surface area contributed by atoms with Crippen LogP contribution in [0.4, 0.5) is 5.69 Å². The zero-order valence-corrected chi connectivity index (χ0v) is 17.6. The number of methoxy groups -OCH3 is 2. The second-order valence-corrected chi connectivity index (χ2v) is 7.43. The lowest BCUT2D eigenvalue weighted by atomic mass is 10.2. The molecule has 0 bridgehead atoms. The predicted molar refractivity (Wildman–Crippen MR) is 110 cm³/mol. The van der Waals surface area contributed by atoms with Crippen molar-refractivity contribution in [2.45, 2.75) is 19.1 Å². The number of hydrogen-bond donors (Lipinski definition) is 2. The van der Waals surface area contributed by atoms with Gasteiger partial charge in [0.15, 0.2) is 0 Å². The zero-order chi connectivity index (χ0) is 20.7. The molecule has 0 saturated carbocycles. The van der Waals surface area contributed by atoms with Crippen LogP contribution >= 0.6 is 0 Å². The van der Waals surface area contributed by atoms with E-state index in [1.165, 1.54) is 0 Å². The fraction of sp³-hybridized carbons (Fsp3) is 0.650. The summed E-state index contributed by atoms with van der Waals surface area (Å²) >= 11 is 0. The summed E-state index contributed by atoms with van der Waals surface area (Å²) in [4.78, 5) is 19.1. The summed E-state index contributed by atoms with van der Waals surface area (Å²) in [6.45, 7) is 6.83. The van der Waals surface area contributed by atoms with E-state index in [1.54, 1.807) is 32.4 Å². The molecule has 158 valence electrons. The Morgan fingerprint density at radius 3 is 2.54 bits per heavy atom. The van der Waals surface area contributed by atoms with Crippen LogP contribution in [0.25, 0.3) is 0 Å². The van der Waals surface area contributed by atoms with Crippen molar-refractivity contribution in [2.75, 3.05) is 72.9 Å². The van der Waals surface area contributed by atoms with E-state index in [0.29, 0.717) is 30.3 Å². The number of anilines is 1. The van der Waals surface area contributed by atoms with E-state index in [9.17, 15) is 9.90 Å². The van der Waals surface area contributed by atoms with Crippen molar-refractivity contribution in [3.8, 4) is 11.5 Å². The molecule has 0 aromatic heterocycles. The number of ether oxygens (including phenoxy) is 2. The number of aliphatic hydroxyl groups excluding tert-OH is 1. The summed E-state index contributed by atoms with van der Waals surface area (Å²) in [5.41, 5.74) is 0.560. The Labute approximate surface area is 168 Å². The average molecular weight is 395 g/mol. The fourth-order valence-corrected chi connectivity index (χ4v) is 3.23. The zero-order valence-electron chi connectivity index (χ0n) is 17.6. The molecule has 8 heteroatoms. The van der Waals surface area contributed by atoms with Gasteiger partial charge in [-0.15, -0.1) is 0 Å². The van der Waals surface area contributed by atoms with Crippen molar-refractivity contribution in [3.05, 3.63) is 18.2 Å². The molecule has 28 heavy (non-hydrogen) atoms. The van der Waals surface area contributed by atoms with Crippen LogP contribution in [0.3, 0.4) is 0 Å². The van der Waals surface area contributed by atoms with Gasteiger partial charge in [0.25, 0.3) is 0 Å². The first-order valence-electron chi connectivity index (χ1n) is 9.66. The van der Waals surface area contributed by atoms with Crippen molar-refractivity contribution in [3.63, 3.8) is 0 Å². The molecule has 0 unspecified atom stereocenters. The SMILES string of the molecule is COc1ccc(OC)c(NC(=O)[C@@H](C)N(C)C[C@H](O)CN2CCN(C)CC2)c1. The molecule has 1 fully saturated rings. The molecule has 0 radical (unpaired) electrons. The van der Waals surface area contributed by atoms with Gasteiger partial charge in [-0.3, -0.25) is 14.6 Å². The normalized spacial score (nSPS) is 18.0. The van der Waals surface area contributed by atoms with Crippen molar-refractivity contribution in [2.24, 2.45) is 0 Å². The lowest BCUT2D eigenvalue weighted by Gasteiger charge is -2.34. The Bertz CT molecular complexity index is 635. The highest BCUT2D eigenvalue weighted by Gasteiger charge is 2.23. The lowest BCUT2D eigenvalue weighted by molar-refractivity contribution is -0.120. The molecule has 2 rings (SSSR count). The Morgan fingerprint density at radius 1 is 1.25 bits per heavy atom. The van der Waals surface area contributed by atoms with Gasteiger partial charge in [0, 0.05) is 45.3 Å². The molecular formula is C20H34N4O4. The van der Waals surface area contributed by atoms with Gasteiger partial charge in [-0.2, -0.15) is 0 Å². The van der Waals surface area contributed by atoms with Crippen molar-refractivity contribution < 1.29 is 19.4 Å². The molecular weight excluding hydrogens is 360 g/mol. The third-order valence-corrected chi connectivity index (χ3v) is 5.27. The van der Waals surface area contributed by atoms with E-state index in [2.05, 4.69) is 22.2 Å². The van der Waals surface area contributed by atoms with Crippen molar-refractivity contribution in [1.29, 1.82) is 0 Å². The topological polar surface area (TPSA) is 77.5 Å². The smallest absolute Gasteiger partial charge is 0.241 e. The lowest BCUT2D eigenvalue weighted by Crippen LogP contribution is -2.50. The Hall–Kier alpha value is -1.87. The van der Waals surface area contributed by atoms with E-state index < -0.39 is 12.1 Å². The molecule has 1 heterocycles. The van der Waals surface area contributed by atoms with Gasteiger partial charge >= 0.3 is 0 Å². The summed E-state index contributed by atoms with van der Waals surface area (Å²) < 4.78 is 10.5. The Kier molecular flexibility index (Phi) is 8.50. The van der Waals surface area contributed by atoms with Crippen LogP contribution in [-0.4, -0.2) is 105 Å². The van der Waals surface area contributed by atoms with Crippen LogP contribution in [0.1, 0.15) is 6.92 Å². The van der Waals surface area contributed by atoms with Crippen LogP contribution < -0.4 is 14.8 Å². The number of carbonyl (C=O) groups excluding carboxylic acids is 1. The monoisotopic (exact) mass is 394 g/mol. The largest absolute Gasteiger partial charge is 0.497 e. The third kappa shape index (κ3) is 6.34. The minimum absolute atomic E-state index is 0.166. The second kappa shape index (κ2) is 10.6. The molecule has 2 N–H and O–H groups in total. The highest BCUT2D eigenvalue weighted by atomic mass is 16.5. The Morgan fingerprint density at radius 2 is 1.93 bits per heavy atom. The number of piperazine rings is 1. The number of benzene rings is 1. The van der Waals surface area contributed by atoms with Gasteiger partial charge in [0.05, 0.1) is 32.1 Å². The maximum absolute atomic E-state index is 12.7. The summed E-state index contributed by atoms with van der Waals surface area (Å²) in [6, 6.07) is 4.85. The first-order chi connectivity index (χ1) is 13.3. The summed E-state index contributed by atoms with van der Waals surface area (Å²) in [5, 5.41) is 13.3. The third-order valence-electron chi connectivity index (χ3n) is 5.27. The molecule has 0 spiro atoms. The molecule has 1 saturated heterocycles. The molecule has 1 aromatic rings. The molecule has 1 amide bonds. The quantitative estimate of drug-likeness (QED) is 0.634. The summed E-state index contributed by atoms with van der Waals surface area (Å²) in [6.07, 6.45) is -0.505. The maximum atomic E-state index is 12.7. The van der Waals surface area contributed by atoms with Crippen LogP contribution in [0.2, 0.25) is 0 Å². The second-order valence-electron chi connectivity index (χ2n) is 7.43. The van der Waals surface area contributed by atoms with Gasteiger partial charge in [-0.25, -0.2) is 0 Å². The van der Waals surface area contributed by atoms with Gasteiger partial charge < -0.3 is 24.8 Å². The minimum atomic E-state index is -0.505. The minimum Gasteiger partial charge on any atom is -0.497 e. The number of β-amino-alcohol motifs (C(OH)–C–C–N with tert-alkyl or cyclic N) is 1. The molecule has 8 nitrogen and oxygen atoms in total. The highest BCUT2D eigenvalue weighted by molar-refractivity contribution is 5.96. The van der Waals surface area contributed by atoms with Crippen LogP contribution in [0.5, 0.6) is 11.5 Å². The van der Waals surface area contributed by atoms with Gasteiger partial charge in [0.1, 0.15) is 11.5 Å². The summed E-state index contributed by atoms with van der Waals surface area (Å²) in [5.74, 6) is 1.04. The van der Waals surface area contributed by atoms with E-state index in [4.69, 9.17) is 9.47 Å². The first-order valence-corrected chi connectivity index (χ1v) is 9.66. The van der Waals surface area contributed by atoms with Gasteiger partial charge in [-0.1, -0.05) is 0 Å². The molecule has 2 atom stereocenters. The first kappa shape index (κ1) is 22.4. The number of amides is 1. The standard InChI is InChI=1S/C20H34N4O4/c1-15(20(26)21-18-12-17(27-4)6-7-19(18)28-5)23(3)13-16(25)14-24-10-8-22(2)9-11-24/h6-7,12,15-16,25H,8-11,13-14H2,1-5H3,(H,21,26)/t15-,16+/m1/s1. The van der Waals surface area contributed by atoms with Crippen molar-refractivity contribution in [1.82, 2.24) is 14.7 Å². The number of carbonyl (C=O) groups is 1. The summed E-state index contributed by atoms with van der Waals surface area (Å²) in [7, 11) is 7.09. The fourth-order valence-electron chi connectivity index (χ4n) is 3.23. The average Bonchev–Trinajstić information content (AvgIpc) is 2.68. The molecule has 1 aliphatic rings. The van der Waals surface area contributed by atoms with Gasteiger partial charge in [-0.05, 0) is 33.2 Å². The number of aliphatic hydroxyl groups is 1. The van der Waals surface area contributed by atoms with E-state index in [1.807, 2.05) is 18.9 Å². The number of likely N-dealkylation sites (N-methyl/N-ethyl adjacent to an activating group) is 2. The molecule has 1 aliphatic heterocycles. The Balaban J connectivity index is 1.88. The number of nitrogens with zero attached hydrogens (tertiary/aromatic N) is 3. The molecule has 1 aromatic carbocycles. The molecule has 0 aliphatic carbocycles. The number of rotatable bonds is 9. The van der Waals surface area contributed by atoms with E-state index >= 15 is 0 Å². The number of hydrogen-bond acceptors (Lipinski definition) is 7. The highest BCUT2D eigenvalue weighted by Crippen LogP contribution is 2.29. The van der Waals surface area contributed by atoms with Crippen LogP contribution in [-0.2, 0) is 4.79 Å². The van der Waals surface area contributed by atoms with E-state index in [0.717, 1.165) is 26.2 Å². The predicted octanol–water partition coefficient (Wildman–Crippen LogP) is 0.571. The van der Waals surface area contributed by atoms with Crippen LogP contribution in [0, 0.1) is 0 Å². The van der Waals surface area contributed by atoms with Crippen LogP contribution in [0.15, 0.2) is 18.2 Å². The number of nitrogens with one attached hydrogen (secondary N) is 1. The van der Waals surface area contributed by atoms with E-state index in [-0.39, 0.29) is 5.91 Å². The van der Waals surface area contributed by atoms with Crippen molar-refractivity contribution >= 4 is 11.6 Å².